The molecule has 8 heteroatoms. The minimum Gasteiger partial charge on any atom is -0.360 e. The smallest absolute Gasteiger partial charge is 0.280 e. The molecular formula is C19H29ClN3O3S+. The summed E-state index contributed by atoms with van der Waals surface area (Å²) in [4.78, 5) is 18.4. The number of carbonyl (C=O) groups is 1. The molecule has 2 fully saturated rings. The van der Waals surface area contributed by atoms with E-state index in [9.17, 15) is 13.2 Å². The normalized spacial score (nSPS) is 24.0. The maximum Gasteiger partial charge on any atom is 0.280 e. The molecule has 150 valence electrons. The van der Waals surface area contributed by atoms with E-state index in [4.69, 9.17) is 11.6 Å². The number of carbonyl (C=O) groups excluding carboxylic acids is 1. The molecule has 0 aromatic heterocycles. The van der Waals surface area contributed by atoms with Crippen LogP contribution in [-0.2, 0) is 14.6 Å². The standard InChI is InChI=1S/C19H28ClN3O3S/c1-3-23(18-7-12-27(25,26)14-18)19(24)15(2)21-8-10-22(11-9-21)17-6-4-5-16(20)13-17/h4-6,13,15,18H,3,7-12,14H2,1-2H3/p+1/t15-,18+/m1/s1. The lowest BCUT2D eigenvalue weighted by Crippen LogP contribution is -3.19. The van der Waals surface area contributed by atoms with Gasteiger partial charge in [-0.1, -0.05) is 17.7 Å². The quantitative estimate of drug-likeness (QED) is 0.760. The first-order chi connectivity index (χ1) is 12.8. The van der Waals surface area contributed by atoms with Gasteiger partial charge in [-0.25, -0.2) is 8.42 Å². The molecule has 6 nitrogen and oxygen atoms in total. The van der Waals surface area contributed by atoms with Crippen LogP contribution in [-0.4, -0.2) is 75.5 Å². The van der Waals surface area contributed by atoms with Crippen LogP contribution in [0, 0.1) is 0 Å². The Labute approximate surface area is 167 Å². The van der Waals surface area contributed by atoms with Crippen LogP contribution in [0.1, 0.15) is 20.3 Å². The third kappa shape index (κ3) is 4.76. The van der Waals surface area contributed by atoms with Gasteiger partial charge in [0.05, 0.1) is 37.7 Å². The molecule has 0 bridgehead atoms. The first-order valence-corrected chi connectivity index (χ1v) is 11.9. The maximum atomic E-state index is 13.0. The van der Waals surface area contributed by atoms with Crippen molar-refractivity contribution in [3.05, 3.63) is 29.3 Å². The number of benzene rings is 1. The molecule has 2 aliphatic heterocycles. The summed E-state index contributed by atoms with van der Waals surface area (Å²) in [5.74, 6) is 0.379. The van der Waals surface area contributed by atoms with Crippen molar-refractivity contribution in [2.75, 3.05) is 49.1 Å². The number of halogens is 1. The van der Waals surface area contributed by atoms with Crippen molar-refractivity contribution in [1.29, 1.82) is 0 Å². The molecule has 1 aromatic carbocycles. The first kappa shape index (κ1) is 20.4. The molecule has 0 aliphatic carbocycles. The van der Waals surface area contributed by atoms with Crippen molar-refractivity contribution >= 4 is 33.0 Å². The second-order valence-electron chi connectivity index (χ2n) is 7.53. The average molecular weight is 415 g/mol. The highest BCUT2D eigenvalue weighted by Crippen LogP contribution is 2.20. The van der Waals surface area contributed by atoms with Crippen molar-refractivity contribution in [2.24, 2.45) is 0 Å². The van der Waals surface area contributed by atoms with Crippen molar-refractivity contribution in [1.82, 2.24) is 4.90 Å². The number of nitrogens with one attached hydrogen (secondary N) is 1. The van der Waals surface area contributed by atoms with Crippen molar-refractivity contribution < 1.29 is 18.1 Å². The number of hydrogen-bond acceptors (Lipinski definition) is 4. The Kier molecular flexibility index (Phi) is 6.33. The molecule has 0 unspecified atom stereocenters. The van der Waals surface area contributed by atoms with E-state index < -0.39 is 9.84 Å². The van der Waals surface area contributed by atoms with Crippen LogP contribution in [0.4, 0.5) is 5.69 Å². The third-order valence-corrected chi connectivity index (χ3v) is 7.82. The van der Waals surface area contributed by atoms with Gasteiger partial charge in [-0.2, -0.15) is 0 Å². The molecule has 27 heavy (non-hydrogen) atoms. The predicted octanol–water partition coefficient (Wildman–Crippen LogP) is 0.469. The van der Waals surface area contributed by atoms with Gasteiger partial charge in [0.25, 0.3) is 5.91 Å². The SMILES string of the molecule is CCN(C(=O)[C@@H](C)[NH+]1CCN(c2cccc(Cl)c2)CC1)[C@H]1CCS(=O)(=O)C1. The second kappa shape index (κ2) is 8.37. The van der Waals surface area contributed by atoms with E-state index in [2.05, 4.69) is 11.0 Å². The molecule has 2 atom stereocenters. The average Bonchev–Trinajstić information content (AvgIpc) is 3.01. The molecule has 0 spiro atoms. The van der Waals surface area contributed by atoms with Crippen molar-refractivity contribution in [3.8, 4) is 0 Å². The summed E-state index contributed by atoms with van der Waals surface area (Å²) in [6.45, 7) is 7.96. The van der Waals surface area contributed by atoms with E-state index in [1.807, 2.05) is 32.0 Å². The summed E-state index contributed by atoms with van der Waals surface area (Å²) in [6.07, 6.45) is 0.562. The highest BCUT2D eigenvalue weighted by atomic mass is 35.5. The lowest BCUT2D eigenvalue weighted by molar-refractivity contribution is -0.915. The Morgan fingerprint density at radius 1 is 1.37 bits per heavy atom. The highest BCUT2D eigenvalue weighted by Gasteiger charge is 2.38. The number of amides is 1. The lowest BCUT2D eigenvalue weighted by atomic mass is 10.1. The topological polar surface area (TPSA) is 62.1 Å². The highest BCUT2D eigenvalue weighted by molar-refractivity contribution is 7.91. The molecule has 3 rings (SSSR count). The molecule has 0 radical (unpaired) electrons. The molecule has 2 saturated heterocycles. The van der Waals surface area contributed by atoms with Gasteiger partial charge in [-0.05, 0) is 38.5 Å². The largest absolute Gasteiger partial charge is 0.360 e. The minimum absolute atomic E-state index is 0.0748. The predicted molar refractivity (Wildman–Crippen MR) is 108 cm³/mol. The number of quaternary nitrogens is 1. The Morgan fingerprint density at radius 3 is 2.63 bits per heavy atom. The summed E-state index contributed by atoms with van der Waals surface area (Å²) in [5, 5.41) is 0.732. The summed E-state index contributed by atoms with van der Waals surface area (Å²) in [6, 6.07) is 7.54. The van der Waals surface area contributed by atoms with Crippen LogP contribution < -0.4 is 9.80 Å². The summed E-state index contributed by atoms with van der Waals surface area (Å²) >= 11 is 6.09. The summed E-state index contributed by atoms with van der Waals surface area (Å²) < 4.78 is 23.6. The zero-order valence-electron chi connectivity index (χ0n) is 16.0. The number of rotatable bonds is 5. The van der Waals surface area contributed by atoms with Gasteiger partial charge in [-0.3, -0.25) is 4.79 Å². The van der Waals surface area contributed by atoms with Gasteiger partial charge in [0, 0.05) is 23.3 Å². The summed E-state index contributed by atoms with van der Waals surface area (Å²) in [5.41, 5.74) is 1.12. The second-order valence-corrected chi connectivity index (χ2v) is 10.2. The van der Waals surface area contributed by atoms with Crippen molar-refractivity contribution in [2.45, 2.75) is 32.4 Å². The number of anilines is 1. The van der Waals surface area contributed by atoms with E-state index in [1.54, 1.807) is 4.90 Å². The van der Waals surface area contributed by atoms with Gasteiger partial charge < -0.3 is 14.7 Å². The Balaban J connectivity index is 1.59. The molecule has 0 saturated carbocycles. The number of likely N-dealkylation sites (N-methyl/N-ethyl adjacent to an activating group) is 1. The van der Waals surface area contributed by atoms with E-state index >= 15 is 0 Å². The van der Waals surface area contributed by atoms with Crippen molar-refractivity contribution in [3.63, 3.8) is 0 Å². The number of sulfone groups is 1. The Bertz CT molecular complexity index is 778. The van der Waals surface area contributed by atoms with E-state index in [0.717, 1.165) is 36.9 Å². The fourth-order valence-electron chi connectivity index (χ4n) is 4.20. The van der Waals surface area contributed by atoms with Gasteiger partial charge in [0.2, 0.25) is 0 Å². The maximum absolute atomic E-state index is 13.0. The fourth-order valence-corrected chi connectivity index (χ4v) is 6.11. The third-order valence-electron chi connectivity index (χ3n) is 5.83. The zero-order chi connectivity index (χ0) is 19.6. The molecule has 2 heterocycles. The molecule has 1 N–H and O–H groups in total. The van der Waals surface area contributed by atoms with Crippen LogP contribution in [0.2, 0.25) is 5.02 Å². The Morgan fingerprint density at radius 2 is 2.07 bits per heavy atom. The lowest BCUT2D eigenvalue weighted by Gasteiger charge is -2.38. The van der Waals surface area contributed by atoms with Crippen LogP contribution in [0.5, 0.6) is 0 Å². The van der Waals surface area contributed by atoms with Crippen LogP contribution >= 0.6 is 11.6 Å². The zero-order valence-corrected chi connectivity index (χ0v) is 17.6. The first-order valence-electron chi connectivity index (χ1n) is 9.66. The minimum atomic E-state index is -2.99. The van der Waals surface area contributed by atoms with Gasteiger partial charge in [-0.15, -0.1) is 0 Å². The monoisotopic (exact) mass is 414 g/mol. The van der Waals surface area contributed by atoms with E-state index in [-0.39, 0.29) is 29.5 Å². The number of hydrogen-bond donors (Lipinski definition) is 1. The molecule has 2 aliphatic rings. The van der Waals surface area contributed by atoms with Crippen LogP contribution in [0.15, 0.2) is 24.3 Å². The Hall–Kier alpha value is -1.31. The van der Waals surface area contributed by atoms with E-state index in [1.165, 1.54) is 4.90 Å². The number of piperazine rings is 1. The van der Waals surface area contributed by atoms with Crippen LogP contribution in [0.3, 0.4) is 0 Å². The molecule has 1 amide bonds. The van der Waals surface area contributed by atoms with Gasteiger partial charge in [0.1, 0.15) is 0 Å². The summed E-state index contributed by atoms with van der Waals surface area (Å²) in [7, 11) is -2.99. The van der Waals surface area contributed by atoms with Crippen LogP contribution in [0.25, 0.3) is 0 Å². The van der Waals surface area contributed by atoms with E-state index in [0.29, 0.717) is 13.0 Å². The van der Waals surface area contributed by atoms with Gasteiger partial charge >= 0.3 is 0 Å². The molecule has 1 aromatic rings. The van der Waals surface area contributed by atoms with Gasteiger partial charge in [0.15, 0.2) is 15.9 Å². The molecular weight excluding hydrogens is 386 g/mol. The fraction of sp³-hybridized carbons (Fsp3) is 0.632. The number of nitrogens with zero attached hydrogens (tertiary/aromatic N) is 2.